The normalized spacial score (nSPS) is 10.6. The Hall–Kier alpha value is -1.36. The first-order valence-electron chi connectivity index (χ1n) is 5.45. The van der Waals surface area contributed by atoms with Crippen LogP contribution in [-0.4, -0.2) is 21.1 Å². The number of anilines is 1. The number of aromatic nitrogens is 3. The lowest BCUT2D eigenvalue weighted by atomic mass is 10.5. The third-order valence-electron chi connectivity index (χ3n) is 2.22. The second kappa shape index (κ2) is 5.12. The number of imidazole rings is 1. The van der Waals surface area contributed by atoms with Gasteiger partial charge in [0.2, 0.25) is 5.95 Å². The van der Waals surface area contributed by atoms with Crippen LogP contribution in [0.3, 0.4) is 0 Å². The minimum Gasteiger partial charge on any atom is -0.356 e. The van der Waals surface area contributed by atoms with E-state index in [0.29, 0.717) is 0 Å². The van der Waals surface area contributed by atoms with Crippen molar-refractivity contribution in [1.29, 1.82) is 0 Å². The number of rotatable bonds is 5. The van der Waals surface area contributed by atoms with E-state index in [1.165, 1.54) is 0 Å². The average molecular weight is 236 g/mol. The van der Waals surface area contributed by atoms with Crippen LogP contribution >= 0.6 is 11.3 Å². The second-order valence-electron chi connectivity index (χ2n) is 3.69. The molecule has 0 saturated carbocycles. The van der Waals surface area contributed by atoms with Gasteiger partial charge in [-0.3, -0.25) is 0 Å². The van der Waals surface area contributed by atoms with Crippen molar-refractivity contribution < 1.29 is 0 Å². The minimum absolute atomic E-state index is 0.796. The predicted octanol–water partition coefficient (Wildman–Crippen LogP) is 2.52. The van der Waals surface area contributed by atoms with E-state index in [0.717, 1.165) is 36.2 Å². The summed E-state index contributed by atoms with van der Waals surface area (Å²) in [6, 6.07) is 0. The SMILES string of the molecule is CCCNc1nccn1Cc1nc(C)cs1. The second-order valence-corrected chi connectivity index (χ2v) is 4.63. The molecular weight excluding hydrogens is 220 g/mol. The summed E-state index contributed by atoms with van der Waals surface area (Å²) in [4.78, 5) is 8.73. The van der Waals surface area contributed by atoms with Gasteiger partial charge in [0, 0.05) is 30.0 Å². The lowest BCUT2D eigenvalue weighted by Crippen LogP contribution is -2.08. The summed E-state index contributed by atoms with van der Waals surface area (Å²) < 4.78 is 2.09. The Morgan fingerprint density at radius 2 is 2.38 bits per heavy atom. The van der Waals surface area contributed by atoms with Crippen molar-refractivity contribution in [2.75, 3.05) is 11.9 Å². The van der Waals surface area contributed by atoms with Gasteiger partial charge in [0.25, 0.3) is 0 Å². The summed E-state index contributed by atoms with van der Waals surface area (Å²) in [6.07, 6.45) is 4.90. The maximum Gasteiger partial charge on any atom is 0.203 e. The van der Waals surface area contributed by atoms with Gasteiger partial charge in [0.15, 0.2) is 0 Å². The number of aryl methyl sites for hydroxylation is 1. The van der Waals surface area contributed by atoms with E-state index in [1.807, 2.05) is 19.3 Å². The Bertz CT molecular complexity index is 446. The molecule has 5 heteroatoms. The van der Waals surface area contributed by atoms with Gasteiger partial charge in [0.1, 0.15) is 5.01 Å². The maximum absolute atomic E-state index is 4.45. The molecule has 86 valence electrons. The third kappa shape index (κ3) is 2.61. The molecule has 4 nitrogen and oxygen atoms in total. The van der Waals surface area contributed by atoms with E-state index < -0.39 is 0 Å². The van der Waals surface area contributed by atoms with E-state index in [1.54, 1.807) is 11.3 Å². The summed E-state index contributed by atoms with van der Waals surface area (Å²) in [5.41, 5.74) is 1.09. The standard InChI is InChI=1S/C11H16N4S/c1-3-4-12-11-13-5-6-15(11)7-10-14-9(2)8-16-10/h5-6,8H,3-4,7H2,1-2H3,(H,12,13). The molecular formula is C11H16N4S. The van der Waals surface area contributed by atoms with Gasteiger partial charge in [-0.2, -0.15) is 0 Å². The van der Waals surface area contributed by atoms with Crippen LogP contribution in [0.15, 0.2) is 17.8 Å². The molecule has 0 radical (unpaired) electrons. The minimum atomic E-state index is 0.796. The van der Waals surface area contributed by atoms with Crippen LogP contribution in [0, 0.1) is 6.92 Å². The zero-order valence-corrected chi connectivity index (χ0v) is 10.4. The highest BCUT2D eigenvalue weighted by atomic mass is 32.1. The molecule has 2 aromatic heterocycles. The molecule has 0 unspecified atom stereocenters. The molecule has 0 atom stereocenters. The van der Waals surface area contributed by atoms with Gasteiger partial charge < -0.3 is 9.88 Å². The van der Waals surface area contributed by atoms with E-state index in [-0.39, 0.29) is 0 Å². The van der Waals surface area contributed by atoms with Gasteiger partial charge in [-0.05, 0) is 13.3 Å². The molecule has 2 aromatic rings. The average Bonchev–Trinajstić information content (AvgIpc) is 2.86. The van der Waals surface area contributed by atoms with Crippen molar-refractivity contribution in [2.24, 2.45) is 0 Å². The van der Waals surface area contributed by atoms with Crippen molar-refractivity contribution in [3.05, 3.63) is 28.5 Å². The Kier molecular flexibility index (Phi) is 3.56. The van der Waals surface area contributed by atoms with Crippen LogP contribution < -0.4 is 5.32 Å². The fraction of sp³-hybridized carbons (Fsp3) is 0.455. The molecule has 0 fully saturated rings. The van der Waals surface area contributed by atoms with Crippen molar-refractivity contribution in [3.8, 4) is 0 Å². The lowest BCUT2D eigenvalue weighted by molar-refractivity contribution is 0.784. The molecule has 0 saturated heterocycles. The van der Waals surface area contributed by atoms with Gasteiger partial charge in [-0.1, -0.05) is 6.92 Å². The number of hydrogen-bond acceptors (Lipinski definition) is 4. The number of hydrogen-bond donors (Lipinski definition) is 1. The smallest absolute Gasteiger partial charge is 0.203 e. The lowest BCUT2D eigenvalue weighted by Gasteiger charge is -2.07. The van der Waals surface area contributed by atoms with Gasteiger partial charge in [0.05, 0.1) is 6.54 Å². The molecule has 0 aromatic carbocycles. The topological polar surface area (TPSA) is 42.7 Å². The first-order valence-corrected chi connectivity index (χ1v) is 6.33. The fourth-order valence-electron chi connectivity index (χ4n) is 1.46. The Balaban J connectivity index is 2.06. The van der Waals surface area contributed by atoms with Crippen molar-refractivity contribution >= 4 is 17.3 Å². The summed E-state index contributed by atoms with van der Waals surface area (Å²) in [5, 5.41) is 6.49. The van der Waals surface area contributed by atoms with Crippen LogP contribution in [0.1, 0.15) is 24.0 Å². The largest absolute Gasteiger partial charge is 0.356 e. The first-order chi connectivity index (χ1) is 7.79. The van der Waals surface area contributed by atoms with E-state index in [9.17, 15) is 0 Å². The highest BCUT2D eigenvalue weighted by Gasteiger charge is 2.04. The molecule has 0 aliphatic heterocycles. The predicted molar refractivity (Wildman–Crippen MR) is 67.0 cm³/mol. The first kappa shape index (κ1) is 11.1. The van der Waals surface area contributed by atoms with Crippen molar-refractivity contribution in [1.82, 2.24) is 14.5 Å². The van der Waals surface area contributed by atoms with Gasteiger partial charge in [-0.15, -0.1) is 11.3 Å². The van der Waals surface area contributed by atoms with Crippen LogP contribution in [-0.2, 0) is 6.54 Å². The summed E-state index contributed by atoms with van der Waals surface area (Å²) in [5.74, 6) is 0.926. The number of nitrogens with zero attached hydrogens (tertiary/aromatic N) is 3. The van der Waals surface area contributed by atoms with Gasteiger partial charge >= 0.3 is 0 Å². The number of thiazole rings is 1. The molecule has 0 amide bonds. The van der Waals surface area contributed by atoms with Crippen molar-refractivity contribution in [2.45, 2.75) is 26.8 Å². The molecule has 16 heavy (non-hydrogen) atoms. The Morgan fingerprint density at radius 1 is 1.50 bits per heavy atom. The summed E-state index contributed by atoms with van der Waals surface area (Å²) in [6.45, 7) is 5.91. The highest BCUT2D eigenvalue weighted by Crippen LogP contribution is 2.13. The van der Waals surface area contributed by atoms with Crippen LogP contribution in [0.4, 0.5) is 5.95 Å². The van der Waals surface area contributed by atoms with Crippen LogP contribution in [0.5, 0.6) is 0 Å². The fourth-order valence-corrected chi connectivity index (χ4v) is 2.23. The Morgan fingerprint density at radius 3 is 3.06 bits per heavy atom. The Labute approximate surface area is 99.4 Å². The zero-order chi connectivity index (χ0) is 11.4. The van der Waals surface area contributed by atoms with Crippen LogP contribution in [0.25, 0.3) is 0 Å². The van der Waals surface area contributed by atoms with E-state index in [4.69, 9.17) is 0 Å². The maximum atomic E-state index is 4.45. The molecule has 2 heterocycles. The molecule has 0 spiro atoms. The van der Waals surface area contributed by atoms with Crippen LogP contribution in [0.2, 0.25) is 0 Å². The molecule has 0 aliphatic rings. The molecule has 0 aliphatic carbocycles. The van der Waals surface area contributed by atoms with Gasteiger partial charge in [-0.25, -0.2) is 9.97 Å². The monoisotopic (exact) mass is 236 g/mol. The van der Waals surface area contributed by atoms with E-state index >= 15 is 0 Å². The third-order valence-corrected chi connectivity index (χ3v) is 3.17. The summed E-state index contributed by atoms with van der Waals surface area (Å²) in [7, 11) is 0. The van der Waals surface area contributed by atoms with Crippen molar-refractivity contribution in [3.63, 3.8) is 0 Å². The zero-order valence-electron chi connectivity index (χ0n) is 9.60. The summed E-state index contributed by atoms with van der Waals surface area (Å²) >= 11 is 1.69. The number of nitrogens with one attached hydrogen (secondary N) is 1. The highest BCUT2D eigenvalue weighted by molar-refractivity contribution is 7.09. The van der Waals surface area contributed by atoms with E-state index in [2.05, 4.69) is 32.2 Å². The molecule has 2 rings (SSSR count). The molecule has 0 bridgehead atoms. The quantitative estimate of drug-likeness (QED) is 0.867. The molecule has 1 N–H and O–H groups in total.